The first-order valence-electron chi connectivity index (χ1n) is 1.64. The molecule has 48 valence electrons. The van der Waals surface area contributed by atoms with E-state index in [-0.39, 0.29) is 0 Å². The number of methoxy groups -OCH3 is 1. The molecule has 0 unspecified atom stereocenters. The Hall–Kier alpha value is 0.210. The minimum atomic E-state index is 1.00. The van der Waals surface area contributed by atoms with Crippen molar-refractivity contribution in [3.63, 3.8) is 0 Å². The summed E-state index contributed by atoms with van der Waals surface area (Å²) in [5.74, 6) is 0. The summed E-state index contributed by atoms with van der Waals surface area (Å²) in [7, 11) is 4.25. The summed E-state index contributed by atoms with van der Waals surface area (Å²) in [4.78, 5) is 0. The minimum Gasteiger partial charge on any atom is -0.400 e. The molecule has 0 spiro atoms. The van der Waals surface area contributed by atoms with Crippen molar-refractivity contribution >= 4 is 11.6 Å². The zero-order valence-corrected chi connectivity index (χ0v) is 5.99. The summed E-state index contributed by atoms with van der Waals surface area (Å²) in [6.45, 7) is 0. The highest BCUT2D eigenvalue weighted by Gasteiger charge is 1.25. The second kappa shape index (κ2) is 115. The molecular weight excluding hydrogens is 115 g/mol. The summed E-state index contributed by atoms with van der Waals surface area (Å²) < 4.78 is 4.25. The summed E-state index contributed by atoms with van der Waals surface area (Å²) in [6, 6.07) is 0. The lowest BCUT2D eigenvalue weighted by atomic mass is 11.6. The van der Waals surface area contributed by atoms with Crippen molar-refractivity contribution in [2.45, 2.75) is 0 Å². The van der Waals surface area contributed by atoms with Crippen LogP contribution in [0.2, 0.25) is 0 Å². The molecule has 0 radical (unpaired) electrons. The molecule has 1 N–H and O–H groups in total. The fraction of sp³-hybridized carbons (Fsp3) is 1.00. The van der Waals surface area contributed by atoms with Gasteiger partial charge in [0.1, 0.15) is 0 Å². The molecule has 0 amide bonds. The lowest BCUT2D eigenvalue weighted by Gasteiger charge is -1.61. The highest BCUT2D eigenvalue weighted by molar-refractivity contribution is 6.15. The Balaban J connectivity index is -0.0000000360. The number of aliphatic hydroxyl groups excluding tert-OH is 1. The molecule has 2 nitrogen and oxygen atoms in total. The predicted molar refractivity (Wildman–Crippen MR) is 32.9 cm³/mol. The van der Waals surface area contributed by atoms with Crippen molar-refractivity contribution in [1.29, 1.82) is 0 Å². The Morgan fingerprint density at radius 3 is 1.14 bits per heavy atom. The van der Waals surface area contributed by atoms with Crippen LogP contribution in [0.1, 0.15) is 0 Å². The van der Waals surface area contributed by atoms with Crippen LogP contribution in [0, 0.1) is 0 Å². The van der Waals surface area contributed by atoms with Gasteiger partial charge in [-0.15, -0.1) is 11.6 Å². The molecule has 0 rings (SSSR count). The van der Waals surface area contributed by atoms with E-state index in [1.165, 1.54) is 6.38 Å². The maximum Gasteiger partial charge on any atom is 0.0351 e. The summed E-state index contributed by atoms with van der Waals surface area (Å²) in [5, 5.41) is 7.00. The van der Waals surface area contributed by atoms with Gasteiger partial charge in [-0.05, 0) is 0 Å². The van der Waals surface area contributed by atoms with Crippen LogP contribution in [-0.4, -0.2) is 32.8 Å². The number of alkyl halides is 1. The van der Waals surface area contributed by atoms with E-state index in [9.17, 15) is 0 Å². The second-order valence-corrected chi connectivity index (χ2v) is 0.408. The average Bonchev–Trinajstić information content (AvgIpc) is 1.78. The third kappa shape index (κ3) is 2500. The van der Waals surface area contributed by atoms with Gasteiger partial charge in [-0.25, -0.2) is 0 Å². The van der Waals surface area contributed by atoms with Crippen molar-refractivity contribution in [2.24, 2.45) is 0 Å². The molecule has 0 aromatic rings. The van der Waals surface area contributed by atoms with Crippen molar-refractivity contribution in [3.05, 3.63) is 0 Å². The van der Waals surface area contributed by atoms with Crippen LogP contribution in [0.15, 0.2) is 0 Å². The van der Waals surface area contributed by atoms with Gasteiger partial charge < -0.3 is 9.84 Å². The van der Waals surface area contributed by atoms with E-state index in [1.807, 2.05) is 0 Å². The van der Waals surface area contributed by atoms with Gasteiger partial charge in [-0.3, -0.25) is 0 Å². The van der Waals surface area contributed by atoms with Crippen LogP contribution in [0.4, 0.5) is 0 Å². The Kier molecular flexibility index (Phi) is 258. The molecule has 0 aliphatic carbocycles. The topological polar surface area (TPSA) is 29.5 Å². The number of ether oxygens (including phenoxy) is 1. The fourth-order valence-corrected chi connectivity index (χ4v) is 0. The maximum atomic E-state index is 7.00. The van der Waals surface area contributed by atoms with Crippen molar-refractivity contribution < 1.29 is 9.84 Å². The van der Waals surface area contributed by atoms with Gasteiger partial charge in [-0.2, -0.15) is 0 Å². The van der Waals surface area contributed by atoms with Gasteiger partial charge >= 0.3 is 0 Å². The monoisotopic (exact) mass is 128 g/mol. The van der Waals surface area contributed by atoms with Crippen LogP contribution in [0.3, 0.4) is 0 Å². The molecule has 0 saturated heterocycles. The quantitative estimate of drug-likeness (QED) is 0.488. The number of hydrogen-bond acceptors (Lipinski definition) is 2. The molecule has 0 aromatic heterocycles. The van der Waals surface area contributed by atoms with E-state index in [2.05, 4.69) is 16.3 Å². The Morgan fingerprint density at radius 1 is 1.14 bits per heavy atom. The van der Waals surface area contributed by atoms with Crippen molar-refractivity contribution in [2.75, 3.05) is 27.7 Å². The van der Waals surface area contributed by atoms with E-state index < -0.39 is 0 Å². The van der Waals surface area contributed by atoms with Crippen LogP contribution >= 0.6 is 11.6 Å². The van der Waals surface area contributed by atoms with Crippen molar-refractivity contribution in [1.82, 2.24) is 0 Å². The van der Waals surface area contributed by atoms with Crippen molar-refractivity contribution in [3.8, 4) is 0 Å². The smallest absolute Gasteiger partial charge is 0.0351 e. The molecule has 0 aliphatic rings. The van der Waals surface area contributed by atoms with Gasteiger partial charge in [0.15, 0.2) is 0 Å². The van der Waals surface area contributed by atoms with E-state index in [4.69, 9.17) is 5.11 Å². The minimum absolute atomic E-state index is 1.00. The molecule has 0 fully saturated rings. The zero-order chi connectivity index (χ0) is 6.71. The van der Waals surface area contributed by atoms with Gasteiger partial charge in [0.2, 0.25) is 0 Å². The van der Waals surface area contributed by atoms with E-state index >= 15 is 0 Å². The Bertz CT molecular complexity index is 9.65. The standard InChI is InChI=1S/C2H6O.CH3Cl.CH4O/c1-3-2;2*1-2/h1-2H3;1H3;2H,1H3. The van der Waals surface area contributed by atoms with Crippen LogP contribution in [-0.2, 0) is 4.74 Å². The van der Waals surface area contributed by atoms with Crippen LogP contribution < -0.4 is 0 Å². The molecule has 0 atom stereocenters. The SMILES string of the molecule is CCl.CO.COC. The Labute approximate surface area is 50.1 Å². The maximum absolute atomic E-state index is 7.00. The molecule has 3 heteroatoms. The van der Waals surface area contributed by atoms with E-state index in [0.717, 1.165) is 7.11 Å². The highest BCUT2D eigenvalue weighted by Crippen LogP contribution is 1.34. The highest BCUT2D eigenvalue weighted by atomic mass is 35.5. The normalized spacial score (nSPS) is 4.29. The van der Waals surface area contributed by atoms with Gasteiger partial charge in [0.05, 0.1) is 0 Å². The van der Waals surface area contributed by atoms with Gasteiger partial charge in [0.25, 0.3) is 0 Å². The molecule has 0 aliphatic heterocycles. The lowest BCUT2D eigenvalue weighted by Crippen LogP contribution is -1.55. The number of hydrogen-bond donors (Lipinski definition) is 1. The lowest BCUT2D eigenvalue weighted by molar-refractivity contribution is 0.277. The summed E-state index contributed by atoms with van der Waals surface area (Å²) in [6.07, 6.45) is 1.47. The first-order chi connectivity index (χ1) is 3.41. The largest absolute Gasteiger partial charge is 0.400 e. The molecule has 0 heterocycles. The first kappa shape index (κ1) is 15.7. The predicted octanol–water partition coefficient (Wildman–Crippen LogP) is 0.726. The first-order valence-corrected chi connectivity index (χ1v) is 2.40. The molecule has 0 bridgehead atoms. The Morgan fingerprint density at radius 2 is 1.14 bits per heavy atom. The third-order valence-electron chi connectivity index (χ3n) is 0. The molecule has 0 saturated carbocycles. The second-order valence-electron chi connectivity index (χ2n) is 0.408. The molecule has 7 heavy (non-hydrogen) atoms. The van der Waals surface area contributed by atoms with E-state index in [1.54, 1.807) is 14.2 Å². The molecule has 0 aromatic carbocycles. The number of aliphatic hydroxyl groups is 1. The fourth-order valence-electron chi connectivity index (χ4n) is 0. The average molecular weight is 129 g/mol. The number of rotatable bonds is 0. The third-order valence-corrected chi connectivity index (χ3v) is 0. The summed E-state index contributed by atoms with van der Waals surface area (Å²) >= 11 is 4.64. The number of halogens is 1. The van der Waals surface area contributed by atoms with E-state index in [0.29, 0.717) is 0 Å². The molecular formula is C4H13ClO2. The van der Waals surface area contributed by atoms with Crippen LogP contribution in [0.5, 0.6) is 0 Å². The van der Waals surface area contributed by atoms with Gasteiger partial charge in [-0.1, -0.05) is 0 Å². The zero-order valence-electron chi connectivity index (χ0n) is 5.23. The van der Waals surface area contributed by atoms with Gasteiger partial charge in [0, 0.05) is 27.7 Å². The summed E-state index contributed by atoms with van der Waals surface area (Å²) in [5.41, 5.74) is 0. The van der Waals surface area contributed by atoms with Crippen LogP contribution in [0.25, 0.3) is 0 Å².